The van der Waals surface area contributed by atoms with Gasteiger partial charge in [-0.15, -0.1) is 30.6 Å². The Morgan fingerprint density at radius 1 is 1.32 bits per heavy atom. The van der Waals surface area contributed by atoms with Crippen molar-refractivity contribution in [1.82, 2.24) is 15.6 Å². The van der Waals surface area contributed by atoms with Gasteiger partial charge in [-0.2, -0.15) is 11.8 Å². The van der Waals surface area contributed by atoms with Crippen LogP contribution in [0.25, 0.3) is 11.5 Å². The van der Waals surface area contributed by atoms with E-state index >= 15 is 0 Å². The lowest BCUT2D eigenvalue weighted by Crippen LogP contribution is -2.38. The molecule has 0 spiro atoms. The molecule has 1 aromatic carbocycles. The lowest BCUT2D eigenvalue weighted by molar-refractivity contribution is 0.572. The summed E-state index contributed by atoms with van der Waals surface area (Å²) in [5, 5.41) is 6.51. The molecule has 0 saturated heterocycles. The number of oxazole rings is 1. The first-order chi connectivity index (χ1) is 11.7. The normalized spacial score (nSPS) is 10.9. The number of hydrogen-bond donors (Lipinski definition) is 2. The molecule has 0 aliphatic carbocycles. The van der Waals surface area contributed by atoms with Crippen LogP contribution in [0.5, 0.6) is 0 Å². The average molecular weight is 472 g/mol. The highest BCUT2D eigenvalue weighted by atomic mass is 127. The van der Waals surface area contributed by atoms with Crippen molar-refractivity contribution in [2.24, 2.45) is 4.99 Å². The SMILES string of the molecule is C=CCSCCNC(=NC)NCc1coc(-c2ccc(C)cc2)n1.I. The van der Waals surface area contributed by atoms with Gasteiger partial charge in [-0.3, -0.25) is 4.99 Å². The number of aromatic nitrogens is 1. The number of hydrogen-bond acceptors (Lipinski definition) is 4. The van der Waals surface area contributed by atoms with Crippen LogP contribution in [0.3, 0.4) is 0 Å². The number of aliphatic imine (C=N–C) groups is 1. The van der Waals surface area contributed by atoms with E-state index in [1.165, 1.54) is 5.56 Å². The van der Waals surface area contributed by atoms with Crippen molar-refractivity contribution in [2.75, 3.05) is 25.1 Å². The molecule has 2 aromatic rings. The maximum Gasteiger partial charge on any atom is 0.226 e. The van der Waals surface area contributed by atoms with E-state index in [0.717, 1.165) is 35.3 Å². The van der Waals surface area contributed by atoms with Gasteiger partial charge >= 0.3 is 0 Å². The second-order valence-electron chi connectivity index (χ2n) is 5.23. The minimum atomic E-state index is 0. The molecule has 136 valence electrons. The Morgan fingerprint density at radius 2 is 2.08 bits per heavy atom. The lowest BCUT2D eigenvalue weighted by atomic mass is 10.1. The molecule has 0 aliphatic heterocycles. The van der Waals surface area contributed by atoms with Crippen LogP contribution in [0, 0.1) is 6.92 Å². The van der Waals surface area contributed by atoms with Crippen molar-refractivity contribution in [2.45, 2.75) is 13.5 Å². The van der Waals surface area contributed by atoms with E-state index in [-0.39, 0.29) is 24.0 Å². The molecule has 0 saturated carbocycles. The van der Waals surface area contributed by atoms with E-state index in [4.69, 9.17) is 4.42 Å². The molecule has 0 atom stereocenters. The van der Waals surface area contributed by atoms with Gasteiger partial charge in [-0.05, 0) is 19.1 Å². The van der Waals surface area contributed by atoms with Gasteiger partial charge in [-0.25, -0.2) is 4.98 Å². The van der Waals surface area contributed by atoms with Crippen molar-refractivity contribution in [1.29, 1.82) is 0 Å². The first-order valence-corrected chi connectivity index (χ1v) is 9.03. The topological polar surface area (TPSA) is 62.5 Å². The lowest BCUT2D eigenvalue weighted by Gasteiger charge is -2.10. The van der Waals surface area contributed by atoms with Crippen molar-refractivity contribution in [3.05, 3.63) is 54.4 Å². The zero-order valence-electron chi connectivity index (χ0n) is 14.6. The Kier molecular flexibility index (Phi) is 10.3. The molecule has 0 amide bonds. The minimum Gasteiger partial charge on any atom is -0.444 e. The third kappa shape index (κ3) is 7.52. The van der Waals surface area contributed by atoms with Gasteiger partial charge in [0, 0.05) is 30.7 Å². The number of rotatable bonds is 8. The maximum absolute atomic E-state index is 5.56. The van der Waals surface area contributed by atoms with Crippen LogP contribution in [0.4, 0.5) is 0 Å². The van der Waals surface area contributed by atoms with E-state index in [1.807, 2.05) is 42.1 Å². The smallest absolute Gasteiger partial charge is 0.226 e. The Balaban J connectivity index is 0.00000312. The molecule has 25 heavy (non-hydrogen) atoms. The summed E-state index contributed by atoms with van der Waals surface area (Å²) in [4.78, 5) is 8.71. The molecule has 0 bridgehead atoms. The molecule has 1 aromatic heterocycles. The standard InChI is InChI=1S/C18H24N4OS.HI/c1-4-10-24-11-9-20-18(19-3)21-12-16-13-23-17(22-16)15-7-5-14(2)6-8-15;/h4-8,13H,1,9-12H2,2-3H3,(H2,19,20,21);1H. The Morgan fingerprint density at radius 3 is 2.76 bits per heavy atom. The van der Waals surface area contributed by atoms with E-state index in [9.17, 15) is 0 Å². The number of benzene rings is 1. The molecule has 1 heterocycles. The first kappa shape index (κ1) is 21.6. The average Bonchev–Trinajstić information content (AvgIpc) is 3.07. The van der Waals surface area contributed by atoms with Gasteiger partial charge in [0.25, 0.3) is 0 Å². The third-order valence-corrected chi connectivity index (χ3v) is 4.25. The predicted molar refractivity (Wildman–Crippen MR) is 118 cm³/mol. The highest BCUT2D eigenvalue weighted by Gasteiger charge is 2.07. The van der Waals surface area contributed by atoms with Gasteiger partial charge in [0.05, 0.1) is 12.2 Å². The summed E-state index contributed by atoms with van der Waals surface area (Å²) >= 11 is 1.83. The van der Waals surface area contributed by atoms with Crippen LogP contribution < -0.4 is 10.6 Å². The maximum atomic E-state index is 5.56. The predicted octanol–water partition coefficient (Wildman–Crippen LogP) is 3.85. The number of aryl methyl sites for hydroxylation is 1. The third-order valence-electron chi connectivity index (χ3n) is 3.29. The van der Waals surface area contributed by atoms with Gasteiger partial charge in [0.1, 0.15) is 6.26 Å². The van der Waals surface area contributed by atoms with Crippen LogP contribution in [-0.4, -0.2) is 36.0 Å². The molecule has 2 N–H and O–H groups in total. The molecule has 0 aliphatic rings. The summed E-state index contributed by atoms with van der Waals surface area (Å²) in [6.07, 6.45) is 3.59. The molecule has 2 rings (SSSR count). The molecule has 7 heteroatoms. The molecular formula is C18H25IN4OS. The molecule has 0 unspecified atom stereocenters. The first-order valence-electron chi connectivity index (χ1n) is 7.87. The highest BCUT2D eigenvalue weighted by Crippen LogP contribution is 2.18. The number of nitrogens with zero attached hydrogens (tertiary/aromatic N) is 2. The van der Waals surface area contributed by atoms with Crippen LogP contribution in [0.2, 0.25) is 0 Å². The van der Waals surface area contributed by atoms with Crippen LogP contribution >= 0.6 is 35.7 Å². The highest BCUT2D eigenvalue weighted by molar-refractivity contribution is 14.0. The number of thioether (sulfide) groups is 1. The Hall–Kier alpha value is -1.48. The number of nitrogens with one attached hydrogen (secondary N) is 2. The number of halogens is 1. The fraction of sp³-hybridized carbons (Fsp3) is 0.333. The van der Waals surface area contributed by atoms with E-state index in [1.54, 1.807) is 13.3 Å². The molecular weight excluding hydrogens is 447 g/mol. The number of guanidine groups is 1. The van der Waals surface area contributed by atoms with Crippen molar-refractivity contribution >= 4 is 41.7 Å². The van der Waals surface area contributed by atoms with Crippen LogP contribution in [0.1, 0.15) is 11.3 Å². The zero-order valence-corrected chi connectivity index (χ0v) is 17.8. The summed E-state index contributed by atoms with van der Waals surface area (Å²) in [6, 6.07) is 8.13. The molecule has 5 nitrogen and oxygen atoms in total. The van der Waals surface area contributed by atoms with Crippen molar-refractivity contribution in [3.63, 3.8) is 0 Å². The van der Waals surface area contributed by atoms with E-state index in [0.29, 0.717) is 12.4 Å². The molecule has 0 radical (unpaired) electrons. The van der Waals surface area contributed by atoms with Crippen molar-refractivity contribution < 1.29 is 4.42 Å². The van der Waals surface area contributed by atoms with Gasteiger partial charge in [-0.1, -0.05) is 23.8 Å². The Labute approximate surface area is 170 Å². The van der Waals surface area contributed by atoms with Crippen LogP contribution in [-0.2, 0) is 6.54 Å². The fourth-order valence-corrected chi connectivity index (χ4v) is 2.60. The zero-order chi connectivity index (χ0) is 17.2. The van der Waals surface area contributed by atoms with Crippen molar-refractivity contribution in [3.8, 4) is 11.5 Å². The summed E-state index contributed by atoms with van der Waals surface area (Å²) in [5.74, 6) is 3.37. The van der Waals surface area contributed by atoms with Crippen LogP contribution in [0.15, 0.2) is 52.6 Å². The van der Waals surface area contributed by atoms with E-state index < -0.39 is 0 Å². The second-order valence-corrected chi connectivity index (χ2v) is 6.38. The minimum absolute atomic E-state index is 0. The monoisotopic (exact) mass is 472 g/mol. The van der Waals surface area contributed by atoms with Gasteiger partial charge in [0.15, 0.2) is 5.96 Å². The van der Waals surface area contributed by atoms with E-state index in [2.05, 4.69) is 34.1 Å². The summed E-state index contributed by atoms with van der Waals surface area (Å²) in [5.41, 5.74) is 3.04. The van der Waals surface area contributed by atoms with Gasteiger partial charge in [0.2, 0.25) is 5.89 Å². The summed E-state index contributed by atoms with van der Waals surface area (Å²) in [6.45, 7) is 7.18. The Bertz CT molecular complexity index is 670. The second kappa shape index (κ2) is 12.0. The summed E-state index contributed by atoms with van der Waals surface area (Å²) < 4.78 is 5.56. The summed E-state index contributed by atoms with van der Waals surface area (Å²) in [7, 11) is 1.76. The quantitative estimate of drug-likeness (QED) is 0.201. The van der Waals surface area contributed by atoms with Gasteiger partial charge < -0.3 is 15.1 Å². The fourth-order valence-electron chi connectivity index (χ4n) is 2.02. The largest absolute Gasteiger partial charge is 0.444 e. The molecule has 0 fully saturated rings.